The molecule has 5 rings (SSSR count). The number of amides is 1. The van der Waals surface area contributed by atoms with Crippen LogP contribution in [0.25, 0.3) is 21.7 Å². The molecule has 1 amide bonds. The lowest BCUT2D eigenvalue weighted by Crippen LogP contribution is -2.40. The molecule has 1 N–H and O–H groups in total. The second-order valence-electron chi connectivity index (χ2n) is 7.89. The van der Waals surface area contributed by atoms with Gasteiger partial charge in [-0.2, -0.15) is 4.31 Å². The van der Waals surface area contributed by atoms with E-state index in [1.807, 2.05) is 42.5 Å². The van der Waals surface area contributed by atoms with Gasteiger partial charge in [0, 0.05) is 31.2 Å². The van der Waals surface area contributed by atoms with Crippen LogP contribution in [0.1, 0.15) is 15.9 Å². The number of hydrogen-bond acceptors (Lipinski definition) is 5. The quantitative estimate of drug-likeness (QED) is 0.461. The molecule has 1 saturated heterocycles. The highest BCUT2D eigenvalue weighted by molar-refractivity contribution is 7.89. The summed E-state index contributed by atoms with van der Waals surface area (Å²) in [4.78, 5) is 17.7. The third kappa shape index (κ3) is 4.20. The predicted molar refractivity (Wildman–Crippen MR) is 126 cm³/mol. The van der Waals surface area contributed by atoms with Crippen molar-refractivity contribution in [3.8, 4) is 0 Å². The minimum Gasteiger partial charge on any atom is -0.379 e. The van der Waals surface area contributed by atoms with Gasteiger partial charge in [-0.1, -0.05) is 42.5 Å². The highest BCUT2D eigenvalue weighted by atomic mass is 32.2. The summed E-state index contributed by atoms with van der Waals surface area (Å²) in [6, 6.07) is 20.2. The number of nitrogens with zero attached hydrogens (tertiary/aromatic N) is 2. The second-order valence-corrected chi connectivity index (χ2v) is 9.83. The summed E-state index contributed by atoms with van der Waals surface area (Å²) in [6.07, 6.45) is 1.68. The molecule has 0 spiro atoms. The largest absolute Gasteiger partial charge is 0.379 e. The Bertz CT molecular complexity index is 1430. The number of carbonyl (C=O) groups excluding carboxylic acids is 1. The van der Waals surface area contributed by atoms with Crippen LogP contribution < -0.4 is 5.32 Å². The van der Waals surface area contributed by atoms with Crippen LogP contribution in [0.3, 0.4) is 0 Å². The number of aromatic nitrogens is 1. The number of fused-ring (bicyclic) bond motifs is 3. The van der Waals surface area contributed by atoms with E-state index in [0.29, 0.717) is 37.4 Å². The van der Waals surface area contributed by atoms with E-state index in [-0.39, 0.29) is 17.3 Å². The zero-order valence-electron chi connectivity index (χ0n) is 17.9. The van der Waals surface area contributed by atoms with Crippen LogP contribution in [0.15, 0.2) is 77.8 Å². The molecule has 1 aliphatic heterocycles. The first-order valence-corrected chi connectivity index (χ1v) is 12.2. The van der Waals surface area contributed by atoms with E-state index in [0.717, 1.165) is 21.7 Å². The predicted octanol–water partition coefficient (Wildman–Crippen LogP) is 3.34. The van der Waals surface area contributed by atoms with Crippen LogP contribution in [0, 0.1) is 0 Å². The maximum absolute atomic E-state index is 13.0. The first-order valence-electron chi connectivity index (χ1n) is 10.8. The molecule has 168 valence electrons. The molecular formula is C25H23N3O4S. The van der Waals surface area contributed by atoms with E-state index in [2.05, 4.69) is 10.3 Å². The van der Waals surface area contributed by atoms with Crippen molar-refractivity contribution in [1.29, 1.82) is 0 Å². The van der Waals surface area contributed by atoms with Crippen molar-refractivity contribution in [2.75, 3.05) is 26.3 Å². The minimum atomic E-state index is -3.54. The molecular weight excluding hydrogens is 438 g/mol. The standard InChI is InChI=1S/C25H23N3O4S/c29-25(23-16-19-4-1-2-5-21(19)22-6-3-11-26-24(22)23)27-17-18-7-9-20(10-8-18)33(30,31)28-12-14-32-15-13-28/h1-11,16H,12-15,17H2,(H,27,29). The average molecular weight is 462 g/mol. The Morgan fingerprint density at radius 2 is 1.70 bits per heavy atom. The fourth-order valence-electron chi connectivity index (χ4n) is 4.10. The van der Waals surface area contributed by atoms with E-state index in [4.69, 9.17) is 4.74 Å². The molecule has 8 heteroatoms. The maximum atomic E-state index is 13.0. The van der Waals surface area contributed by atoms with E-state index in [9.17, 15) is 13.2 Å². The SMILES string of the molecule is O=C(NCc1ccc(S(=O)(=O)N2CCOCC2)cc1)c1cc2ccccc2c2cccnc12. The highest BCUT2D eigenvalue weighted by Gasteiger charge is 2.26. The average Bonchev–Trinajstić information content (AvgIpc) is 2.87. The molecule has 1 aliphatic rings. The Morgan fingerprint density at radius 1 is 0.970 bits per heavy atom. The fraction of sp³-hybridized carbons (Fsp3) is 0.200. The van der Waals surface area contributed by atoms with Gasteiger partial charge in [0.25, 0.3) is 5.91 Å². The van der Waals surface area contributed by atoms with Gasteiger partial charge >= 0.3 is 0 Å². The zero-order valence-corrected chi connectivity index (χ0v) is 18.7. The molecule has 1 aromatic heterocycles. The normalized spacial score (nSPS) is 15.0. The fourth-order valence-corrected chi connectivity index (χ4v) is 5.50. The van der Waals surface area contributed by atoms with Crippen LogP contribution in [0.4, 0.5) is 0 Å². The van der Waals surface area contributed by atoms with E-state index in [1.54, 1.807) is 30.5 Å². The summed E-state index contributed by atoms with van der Waals surface area (Å²) < 4.78 is 32.2. The first-order chi connectivity index (χ1) is 16.0. The van der Waals surface area contributed by atoms with Gasteiger partial charge in [0.2, 0.25) is 10.0 Å². The summed E-state index contributed by atoms with van der Waals surface area (Å²) in [6.45, 7) is 1.79. The van der Waals surface area contributed by atoms with Crippen molar-refractivity contribution < 1.29 is 17.9 Å². The number of nitrogens with one attached hydrogen (secondary N) is 1. The van der Waals surface area contributed by atoms with Gasteiger partial charge in [0.1, 0.15) is 0 Å². The summed E-state index contributed by atoms with van der Waals surface area (Å²) in [5.41, 5.74) is 1.97. The molecule has 7 nitrogen and oxygen atoms in total. The molecule has 0 saturated carbocycles. The third-order valence-electron chi connectivity index (χ3n) is 5.84. The topological polar surface area (TPSA) is 88.6 Å². The van der Waals surface area contributed by atoms with Crippen molar-refractivity contribution in [3.05, 3.63) is 84.1 Å². The summed E-state index contributed by atoms with van der Waals surface area (Å²) in [7, 11) is -3.54. The lowest BCUT2D eigenvalue weighted by atomic mass is 10.0. The molecule has 3 aromatic carbocycles. The van der Waals surface area contributed by atoms with Gasteiger partial charge in [0.15, 0.2) is 0 Å². The van der Waals surface area contributed by atoms with E-state index < -0.39 is 10.0 Å². The summed E-state index contributed by atoms with van der Waals surface area (Å²) in [5, 5.41) is 5.89. The van der Waals surface area contributed by atoms with Gasteiger partial charge < -0.3 is 10.1 Å². The van der Waals surface area contributed by atoms with Crippen LogP contribution in [-0.4, -0.2) is 49.9 Å². The molecule has 0 bridgehead atoms. The third-order valence-corrected chi connectivity index (χ3v) is 7.76. The monoisotopic (exact) mass is 461 g/mol. The van der Waals surface area contributed by atoms with Crippen LogP contribution in [0.5, 0.6) is 0 Å². The van der Waals surface area contributed by atoms with Gasteiger partial charge in [-0.05, 0) is 40.6 Å². The molecule has 2 heterocycles. The molecule has 1 fully saturated rings. The molecule has 4 aromatic rings. The Kier molecular flexibility index (Phi) is 5.80. The van der Waals surface area contributed by atoms with Crippen LogP contribution in [0.2, 0.25) is 0 Å². The van der Waals surface area contributed by atoms with Crippen LogP contribution in [-0.2, 0) is 21.3 Å². The molecule has 0 radical (unpaired) electrons. The van der Waals surface area contributed by atoms with Gasteiger partial charge in [0.05, 0.1) is 29.2 Å². The smallest absolute Gasteiger partial charge is 0.253 e. The van der Waals surface area contributed by atoms with Crippen molar-refractivity contribution in [3.63, 3.8) is 0 Å². The maximum Gasteiger partial charge on any atom is 0.253 e. The highest BCUT2D eigenvalue weighted by Crippen LogP contribution is 2.27. The summed E-state index contributed by atoms with van der Waals surface area (Å²) in [5.74, 6) is -0.227. The number of rotatable bonds is 5. The van der Waals surface area contributed by atoms with Crippen molar-refractivity contribution >= 4 is 37.6 Å². The summed E-state index contributed by atoms with van der Waals surface area (Å²) >= 11 is 0. The molecule has 0 atom stereocenters. The van der Waals surface area contributed by atoms with Crippen molar-refractivity contribution in [2.45, 2.75) is 11.4 Å². The van der Waals surface area contributed by atoms with E-state index >= 15 is 0 Å². The number of sulfonamides is 1. The first kappa shape index (κ1) is 21.5. The molecule has 33 heavy (non-hydrogen) atoms. The lowest BCUT2D eigenvalue weighted by molar-refractivity contribution is 0.0730. The number of carbonyl (C=O) groups is 1. The van der Waals surface area contributed by atoms with E-state index in [1.165, 1.54) is 4.31 Å². The number of morpholine rings is 1. The lowest BCUT2D eigenvalue weighted by Gasteiger charge is -2.26. The van der Waals surface area contributed by atoms with Gasteiger partial charge in [-0.25, -0.2) is 8.42 Å². The minimum absolute atomic E-state index is 0.227. The van der Waals surface area contributed by atoms with Gasteiger partial charge in [-0.3, -0.25) is 9.78 Å². The zero-order chi connectivity index (χ0) is 22.8. The van der Waals surface area contributed by atoms with Gasteiger partial charge in [-0.15, -0.1) is 0 Å². The Balaban J connectivity index is 1.35. The molecule has 0 unspecified atom stereocenters. The van der Waals surface area contributed by atoms with Crippen molar-refractivity contribution in [1.82, 2.24) is 14.6 Å². The number of benzene rings is 3. The molecule has 0 aliphatic carbocycles. The Labute approximate surface area is 192 Å². The number of pyridine rings is 1. The number of ether oxygens (including phenoxy) is 1. The number of hydrogen-bond donors (Lipinski definition) is 1. The van der Waals surface area contributed by atoms with Crippen molar-refractivity contribution in [2.24, 2.45) is 0 Å². The Morgan fingerprint density at radius 3 is 2.48 bits per heavy atom. The second kappa shape index (κ2) is 8.90. The van der Waals surface area contributed by atoms with Crippen LogP contribution >= 0.6 is 0 Å². The Hall–Kier alpha value is -3.33.